The summed E-state index contributed by atoms with van der Waals surface area (Å²) < 4.78 is 0.932. The third-order valence-corrected chi connectivity index (χ3v) is 4.61. The van der Waals surface area contributed by atoms with Crippen LogP contribution in [-0.2, 0) is 4.79 Å². The van der Waals surface area contributed by atoms with Gasteiger partial charge >= 0.3 is 0 Å². The maximum atomic E-state index is 12.4. The van der Waals surface area contributed by atoms with Crippen molar-refractivity contribution in [3.05, 3.63) is 22.2 Å². The third-order valence-electron chi connectivity index (χ3n) is 4.15. The summed E-state index contributed by atoms with van der Waals surface area (Å²) >= 11 is 3.40. The molecule has 2 rings (SSSR count). The lowest BCUT2D eigenvalue weighted by Gasteiger charge is -2.26. The molecule has 3 N–H and O–H groups in total. The fourth-order valence-electron chi connectivity index (χ4n) is 2.96. The van der Waals surface area contributed by atoms with E-state index in [-0.39, 0.29) is 17.2 Å². The Morgan fingerprint density at radius 1 is 1.47 bits per heavy atom. The molecule has 1 aromatic rings. The van der Waals surface area contributed by atoms with E-state index < -0.39 is 0 Å². The molecule has 1 saturated carbocycles. The number of benzene rings is 1. The molecule has 0 radical (unpaired) electrons. The number of aryl methyl sites for hydroxylation is 1. The van der Waals surface area contributed by atoms with E-state index in [1.54, 1.807) is 0 Å². The Hall–Kier alpha value is -1.03. The number of nitrogens with two attached hydrogens (primary N) is 1. The van der Waals surface area contributed by atoms with Gasteiger partial charge in [-0.05, 0) is 42.9 Å². The molecule has 1 aliphatic rings. The molecular weight excluding hydrogens is 304 g/mol. The van der Waals surface area contributed by atoms with Crippen molar-refractivity contribution in [1.82, 2.24) is 0 Å². The summed E-state index contributed by atoms with van der Waals surface area (Å²) in [6.07, 6.45) is 3.20. The lowest BCUT2D eigenvalue weighted by molar-refractivity contribution is -0.122. The summed E-state index contributed by atoms with van der Waals surface area (Å²) in [4.78, 5) is 12.4. The van der Waals surface area contributed by atoms with Crippen LogP contribution in [0.15, 0.2) is 16.6 Å². The zero-order valence-corrected chi connectivity index (χ0v) is 13.3. The predicted octanol–water partition coefficient (Wildman–Crippen LogP) is 4.10. The highest BCUT2D eigenvalue weighted by molar-refractivity contribution is 9.10. The van der Waals surface area contributed by atoms with Gasteiger partial charge in [-0.3, -0.25) is 4.79 Å². The van der Waals surface area contributed by atoms with Crippen LogP contribution in [0.3, 0.4) is 0 Å². The van der Waals surface area contributed by atoms with Crippen molar-refractivity contribution < 1.29 is 4.79 Å². The van der Waals surface area contributed by atoms with Gasteiger partial charge in [-0.15, -0.1) is 0 Å². The first-order valence-corrected chi connectivity index (χ1v) is 7.47. The fraction of sp³-hybridized carbons (Fsp3) is 0.533. The van der Waals surface area contributed by atoms with E-state index in [1.807, 2.05) is 19.1 Å². The van der Waals surface area contributed by atoms with Gasteiger partial charge < -0.3 is 11.1 Å². The first-order chi connectivity index (χ1) is 8.81. The molecule has 104 valence electrons. The normalized spacial score (nSPS) is 21.4. The first kappa shape index (κ1) is 14.4. The minimum absolute atomic E-state index is 0.0787. The van der Waals surface area contributed by atoms with Crippen LogP contribution >= 0.6 is 15.9 Å². The van der Waals surface area contributed by atoms with Gasteiger partial charge in [0.15, 0.2) is 0 Å². The highest BCUT2D eigenvalue weighted by Crippen LogP contribution is 2.43. The summed E-state index contributed by atoms with van der Waals surface area (Å²) in [6, 6.07) is 3.79. The minimum atomic E-state index is 0.0787. The molecule has 1 unspecified atom stereocenters. The number of nitrogens with one attached hydrogen (secondary N) is 1. The Balaban J connectivity index is 2.20. The molecule has 0 aromatic heterocycles. The van der Waals surface area contributed by atoms with Crippen molar-refractivity contribution in [3.8, 4) is 0 Å². The zero-order chi connectivity index (χ0) is 14.2. The molecule has 19 heavy (non-hydrogen) atoms. The largest absolute Gasteiger partial charge is 0.397 e. The first-order valence-electron chi connectivity index (χ1n) is 6.68. The molecule has 1 fully saturated rings. The Bertz CT molecular complexity index is 488. The van der Waals surface area contributed by atoms with E-state index in [2.05, 4.69) is 35.1 Å². The highest BCUT2D eigenvalue weighted by Gasteiger charge is 2.39. The molecule has 3 nitrogen and oxygen atoms in total. The van der Waals surface area contributed by atoms with Crippen LogP contribution < -0.4 is 11.1 Å². The van der Waals surface area contributed by atoms with Crippen molar-refractivity contribution in [2.45, 2.75) is 40.0 Å². The lowest BCUT2D eigenvalue weighted by Crippen LogP contribution is -2.31. The lowest BCUT2D eigenvalue weighted by atomic mass is 9.81. The molecule has 0 spiro atoms. The van der Waals surface area contributed by atoms with Crippen molar-refractivity contribution >= 4 is 33.2 Å². The average molecular weight is 325 g/mol. The molecule has 1 amide bonds. The molecule has 4 heteroatoms. The topological polar surface area (TPSA) is 55.1 Å². The standard InChI is InChI=1S/C15H21BrN2O/c1-9-7-10(16)8-12(17)13(9)18-14(19)11-5-4-6-15(11,2)3/h7-8,11H,4-6,17H2,1-3H3,(H,18,19). The highest BCUT2D eigenvalue weighted by atomic mass is 79.9. The van der Waals surface area contributed by atoms with Crippen molar-refractivity contribution in [3.63, 3.8) is 0 Å². The summed E-state index contributed by atoms with van der Waals surface area (Å²) in [6.45, 7) is 6.29. The molecule has 0 heterocycles. The Labute approximate surface area is 123 Å². The number of rotatable bonds is 2. The molecule has 1 aromatic carbocycles. The smallest absolute Gasteiger partial charge is 0.228 e. The maximum Gasteiger partial charge on any atom is 0.228 e. The number of carbonyl (C=O) groups excluding carboxylic acids is 1. The Morgan fingerprint density at radius 3 is 2.68 bits per heavy atom. The average Bonchev–Trinajstić information content (AvgIpc) is 2.63. The fourth-order valence-corrected chi connectivity index (χ4v) is 3.55. The molecule has 0 saturated heterocycles. The Kier molecular flexibility index (Phi) is 3.90. The van der Waals surface area contributed by atoms with Crippen LogP contribution in [0.4, 0.5) is 11.4 Å². The second-order valence-corrected chi connectivity index (χ2v) is 7.03. The van der Waals surface area contributed by atoms with E-state index in [1.165, 1.54) is 0 Å². The van der Waals surface area contributed by atoms with Gasteiger partial charge in [-0.1, -0.05) is 36.2 Å². The van der Waals surface area contributed by atoms with Crippen molar-refractivity contribution in [2.24, 2.45) is 11.3 Å². The van der Waals surface area contributed by atoms with E-state index in [4.69, 9.17) is 5.73 Å². The second-order valence-electron chi connectivity index (χ2n) is 6.11. The van der Waals surface area contributed by atoms with E-state index in [9.17, 15) is 4.79 Å². The van der Waals surface area contributed by atoms with Crippen LogP contribution in [0.1, 0.15) is 38.7 Å². The molecule has 0 aliphatic heterocycles. The Morgan fingerprint density at radius 2 is 2.16 bits per heavy atom. The van der Waals surface area contributed by atoms with Crippen LogP contribution in [0.2, 0.25) is 0 Å². The van der Waals surface area contributed by atoms with Crippen molar-refractivity contribution in [2.75, 3.05) is 11.1 Å². The van der Waals surface area contributed by atoms with Crippen LogP contribution in [0, 0.1) is 18.3 Å². The SMILES string of the molecule is Cc1cc(Br)cc(N)c1NC(=O)C1CCCC1(C)C. The number of halogens is 1. The number of amides is 1. The summed E-state index contributed by atoms with van der Waals surface area (Å²) in [5, 5.41) is 3.02. The van der Waals surface area contributed by atoms with E-state index in [0.29, 0.717) is 5.69 Å². The van der Waals surface area contributed by atoms with Gasteiger partial charge in [0.2, 0.25) is 5.91 Å². The van der Waals surface area contributed by atoms with E-state index >= 15 is 0 Å². The number of nitrogen functional groups attached to an aromatic ring is 1. The number of hydrogen-bond acceptors (Lipinski definition) is 2. The molecule has 1 atom stereocenters. The molecule has 1 aliphatic carbocycles. The van der Waals surface area contributed by atoms with Gasteiger partial charge in [0, 0.05) is 10.4 Å². The van der Waals surface area contributed by atoms with Gasteiger partial charge in [0.05, 0.1) is 11.4 Å². The van der Waals surface area contributed by atoms with Crippen LogP contribution in [0.5, 0.6) is 0 Å². The van der Waals surface area contributed by atoms with Gasteiger partial charge in [0.25, 0.3) is 0 Å². The number of hydrogen-bond donors (Lipinski definition) is 2. The minimum Gasteiger partial charge on any atom is -0.397 e. The summed E-state index contributed by atoms with van der Waals surface area (Å²) in [5.41, 5.74) is 8.41. The second kappa shape index (κ2) is 5.16. The molecular formula is C15H21BrN2O. The van der Waals surface area contributed by atoms with Crippen LogP contribution in [-0.4, -0.2) is 5.91 Å². The third kappa shape index (κ3) is 2.94. The zero-order valence-electron chi connectivity index (χ0n) is 11.7. The maximum absolute atomic E-state index is 12.4. The van der Waals surface area contributed by atoms with Crippen molar-refractivity contribution in [1.29, 1.82) is 0 Å². The van der Waals surface area contributed by atoms with E-state index in [0.717, 1.165) is 35.0 Å². The number of anilines is 2. The van der Waals surface area contributed by atoms with Gasteiger partial charge in [-0.25, -0.2) is 0 Å². The predicted molar refractivity (Wildman–Crippen MR) is 83.0 cm³/mol. The van der Waals surface area contributed by atoms with Gasteiger partial charge in [0.1, 0.15) is 0 Å². The number of carbonyl (C=O) groups is 1. The summed E-state index contributed by atoms with van der Waals surface area (Å²) in [7, 11) is 0. The van der Waals surface area contributed by atoms with Gasteiger partial charge in [-0.2, -0.15) is 0 Å². The van der Waals surface area contributed by atoms with Crippen LogP contribution in [0.25, 0.3) is 0 Å². The quantitative estimate of drug-likeness (QED) is 0.804. The summed E-state index contributed by atoms with van der Waals surface area (Å²) in [5.74, 6) is 0.176. The molecule has 0 bridgehead atoms. The monoisotopic (exact) mass is 324 g/mol.